The van der Waals surface area contributed by atoms with Gasteiger partial charge in [0.2, 0.25) is 0 Å². The van der Waals surface area contributed by atoms with Crippen molar-refractivity contribution in [1.82, 2.24) is 25.1 Å². The van der Waals surface area contributed by atoms with Gasteiger partial charge in [-0.3, -0.25) is 15.1 Å². The fourth-order valence-electron chi connectivity index (χ4n) is 5.17. The molecule has 2 N–H and O–H groups in total. The predicted molar refractivity (Wildman–Crippen MR) is 156 cm³/mol. The third kappa shape index (κ3) is 4.82. The molecule has 7 heteroatoms. The van der Waals surface area contributed by atoms with Crippen LogP contribution in [0.2, 0.25) is 0 Å². The van der Waals surface area contributed by atoms with Gasteiger partial charge in [0.25, 0.3) is 0 Å². The standard InChI is InChI=1S/C31H31N5OS/c1-4-26-24(14-19(2)21-15-23(18-32-17-21)37-22-8-6-5-7-9-22)30(36-35-26)28-16-25-27(34-28)12-13-33-31(25)29-11-10-20(3)38-29/h4,10-18,22,34-35H,2,5-9H2,1,3H3/b24-14+,26-4+. The molecule has 1 saturated carbocycles. The lowest BCUT2D eigenvalue weighted by atomic mass is 9.98. The molecule has 1 fully saturated rings. The quantitative estimate of drug-likeness (QED) is 0.271. The Balaban J connectivity index is 1.37. The summed E-state index contributed by atoms with van der Waals surface area (Å²) < 4.78 is 6.25. The maximum atomic E-state index is 6.25. The van der Waals surface area contributed by atoms with E-state index in [4.69, 9.17) is 9.72 Å². The first-order valence-corrected chi connectivity index (χ1v) is 14.0. The van der Waals surface area contributed by atoms with E-state index in [9.17, 15) is 0 Å². The fourth-order valence-corrected chi connectivity index (χ4v) is 6.05. The SMILES string of the molecule is C=C(/C=c1/c(-c2cc3c(-c4ccc(C)s4)nccc3[nH]2)n[nH]/c1=C/C)c1cncc(OC2CCCCC2)c1. The number of aryl methyl sites for hydroxylation is 1. The zero-order valence-corrected chi connectivity index (χ0v) is 22.6. The molecule has 1 aliphatic rings. The van der Waals surface area contributed by atoms with Crippen LogP contribution in [-0.2, 0) is 0 Å². The fraction of sp³-hybridized carbons (Fsp3) is 0.258. The van der Waals surface area contributed by atoms with Crippen LogP contribution in [0, 0.1) is 6.92 Å². The van der Waals surface area contributed by atoms with Gasteiger partial charge in [0, 0.05) is 39.0 Å². The molecule has 5 aromatic heterocycles. The number of nitrogens with one attached hydrogen (secondary N) is 2. The van der Waals surface area contributed by atoms with Gasteiger partial charge < -0.3 is 9.72 Å². The van der Waals surface area contributed by atoms with Gasteiger partial charge in [-0.1, -0.05) is 19.1 Å². The molecular weight excluding hydrogens is 490 g/mol. The maximum Gasteiger partial charge on any atom is 0.138 e. The first-order valence-electron chi connectivity index (χ1n) is 13.2. The van der Waals surface area contributed by atoms with E-state index in [-0.39, 0.29) is 6.10 Å². The molecule has 38 heavy (non-hydrogen) atoms. The van der Waals surface area contributed by atoms with Crippen molar-refractivity contribution >= 4 is 40.0 Å². The number of hydrogen-bond acceptors (Lipinski definition) is 5. The molecule has 0 unspecified atom stereocenters. The van der Waals surface area contributed by atoms with E-state index in [1.165, 1.54) is 24.1 Å². The molecule has 0 aromatic carbocycles. The molecule has 0 amide bonds. The summed E-state index contributed by atoms with van der Waals surface area (Å²) in [6.45, 7) is 8.49. The number of pyridine rings is 2. The highest BCUT2D eigenvalue weighted by molar-refractivity contribution is 7.15. The maximum absolute atomic E-state index is 6.25. The van der Waals surface area contributed by atoms with Gasteiger partial charge in [-0.25, -0.2) is 0 Å². The first kappa shape index (κ1) is 24.4. The Hall–Kier alpha value is -3.97. The Labute approximate surface area is 225 Å². The van der Waals surface area contributed by atoms with Crippen molar-refractivity contribution in [3.05, 3.63) is 76.5 Å². The third-order valence-corrected chi connectivity index (χ3v) is 8.16. The molecule has 192 valence electrons. The summed E-state index contributed by atoms with van der Waals surface area (Å²) in [6, 6.07) is 10.5. The van der Waals surface area contributed by atoms with Crippen molar-refractivity contribution in [1.29, 1.82) is 0 Å². The van der Waals surface area contributed by atoms with Crippen molar-refractivity contribution in [2.45, 2.75) is 52.1 Å². The van der Waals surface area contributed by atoms with E-state index in [0.29, 0.717) is 0 Å². The number of thiophene rings is 1. The van der Waals surface area contributed by atoms with Crippen molar-refractivity contribution in [2.24, 2.45) is 0 Å². The first-order chi connectivity index (χ1) is 18.6. The van der Waals surface area contributed by atoms with Crippen LogP contribution < -0.4 is 15.3 Å². The highest BCUT2D eigenvalue weighted by Gasteiger charge is 2.16. The molecule has 1 aliphatic carbocycles. The third-order valence-electron chi connectivity index (χ3n) is 7.16. The lowest BCUT2D eigenvalue weighted by Gasteiger charge is -2.23. The zero-order chi connectivity index (χ0) is 26.1. The number of allylic oxidation sites excluding steroid dienone is 1. The van der Waals surface area contributed by atoms with Crippen LogP contribution >= 0.6 is 11.3 Å². The van der Waals surface area contributed by atoms with Gasteiger partial charge in [0.15, 0.2) is 0 Å². The second-order valence-corrected chi connectivity index (χ2v) is 11.1. The summed E-state index contributed by atoms with van der Waals surface area (Å²) in [5, 5.41) is 10.9. The number of rotatable bonds is 6. The highest BCUT2D eigenvalue weighted by Crippen LogP contribution is 2.33. The Morgan fingerprint density at radius 3 is 2.76 bits per heavy atom. The zero-order valence-electron chi connectivity index (χ0n) is 21.8. The van der Waals surface area contributed by atoms with Crippen LogP contribution in [0.1, 0.15) is 49.5 Å². The average molecular weight is 522 g/mol. The van der Waals surface area contributed by atoms with E-state index in [1.54, 1.807) is 17.5 Å². The largest absolute Gasteiger partial charge is 0.489 e. The van der Waals surface area contributed by atoms with Gasteiger partial charge in [0.05, 0.1) is 33.9 Å². The minimum absolute atomic E-state index is 0.277. The van der Waals surface area contributed by atoms with Gasteiger partial charge in [-0.05, 0) is 81.5 Å². The van der Waals surface area contributed by atoms with Crippen LogP contribution in [0.4, 0.5) is 0 Å². The van der Waals surface area contributed by atoms with Crippen molar-refractivity contribution in [3.63, 3.8) is 0 Å². The molecular formula is C31H31N5OS. The summed E-state index contributed by atoms with van der Waals surface area (Å²) in [5.74, 6) is 0.804. The number of aromatic amines is 2. The van der Waals surface area contributed by atoms with Gasteiger partial charge in [0.1, 0.15) is 11.4 Å². The van der Waals surface area contributed by atoms with Gasteiger partial charge in [-0.15, -0.1) is 11.3 Å². The monoisotopic (exact) mass is 521 g/mol. The number of fused-ring (bicyclic) bond motifs is 1. The molecule has 0 saturated heterocycles. The van der Waals surface area contributed by atoms with Crippen LogP contribution in [-0.4, -0.2) is 31.3 Å². The van der Waals surface area contributed by atoms with E-state index < -0.39 is 0 Å². The van der Waals surface area contributed by atoms with Crippen molar-refractivity contribution in [2.75, 3.05) is 0 Å². The Morgan fingerprint density at radius 2 is 1.97 bits per heavy atom. The Kier molecular flexibility index (Phi) is 6.68. The molecule has 6 rings (SSSR count). The summed E-state index contributed by atoms with van der Waals surface area (Å²) in [4.78, 5) is 15.1. The lowest BCUT2D eigenvalue weighted by Crippen LogP contribution is -2.23. The topological polar surface area (TPSA) is 79.5 Å². The number of hydrogen-bond donors (Lipinski definition) is 2. The summed E-state index contributed by atoms with van der Waals surface area (Å²) >= 11 is 1.75. The summed E-state index contributed by atoms with van der Waals surface area (Å²) in [7, 11) is 0. The minimum Gasteiger partial charge on any atom is -0.489 e. The molecule has 0 bridgehead atoms. The van der Waals surface area contributed by atoms with Crippen LogP contribution in [0.5, 0.6) is 5.75 Å². The molecule has 0 aliphatic heterocycles. The predicted octanol–water partition coefficient (Wildman–Crippen LogP) is 6.39. The Bertz CT molecular complexity index is 1740. The number of ether oxygens (including phenoxy) is 1. The molecule has 6 nitrogen and oxygen atoms in total. The van der Waals surface area contributed by atoms with E-state index >= 15 is 0 Å². The average Bonchev–Trinajstić information content (AvgIpc) is 3.67. The van der Waals surface area contributed by atoms with Gasteiger partial charge in [-0.2, -0.15) is 5.10 Å². The number of nitrogens with zero attached hydrogens (tertiary/aromatic N) is 3. The van der Waals surface area contributed by atoms with E-state index in [0.717, 1.165) is 73.2 Å². The molecule has 5 aromatic rings. The molecule has 0 spiro atoms. The lowest BCUT2D eigenvalue weighted by molar-refractivity contribution is 0.154. The second kappa shape index (κ2) is 10.4. The molecule has 5 heterocycles. The smallest absolute Gasteiger partial charge is 0.138 e. The second-order valence-electron chi connectivity index (χ2n) is 9.86. The van der Waals surface area contributed by atoms with E-state index in [2.05, 4.69) is 57.9 Å². The highest BCUT2D eigenvalue weighted by atomic mass is 32.1. The van der Waals surface area contributed by atoms with Gasteiger partial charge >= 0.3 is 0 Å². The van der Waals surface area contributed by atoms with Crippen LogP contribution in [0.3, 0.4) is 0 Å². The normalized spacial score (nSPS) is 15.4. The molecule has 0 radical (unpaired) electrons. The summed E-state index contributed by atoms with van der Waals surface area (Å²) in [6.07, 6.45) is 15.9. The minimum atomic E-state index is 0.277. The van der Waals surface area contributed by atoms with Crippen LogP contribution in [0.25, 0.3) is 50.6 Å². The van der Waals surface area contributed by atoms with Crippen molar-refractivity contribution in [3.8, 4) is 27.7 Å². The molecule has 0 atom stereocenters. The Morgan fingerprint density at radius 1 is 1.11 bits per heavy atom. The van der Waals surface area contributed by atoms with Crippen molar-refractivity contribution < 1.29 is 4.74 Å². The number of aromatic nitrogens is 5. The van der Waals surface area contributed by atoms with Crippen LogP contribution in [0.15, 0.2) is 55.5 Å². The number of H-pyrrole nitrogens is 2. The summed E-state index contributed by atoms with van der Waals surface area (Å²) in [5.41, 5.74) is 5.57. The van der Waals surface area contributed by atoms with E-state index in [1.807, 2.05) is 37.5 Å².